The van der Waals surface area contributed by atoms with Crippen molar-refractivity contribution in [1.82, 2.24) is 0 Å². The van der Waals surface area contributed by atoms with Crippen molar-refractivity contribution >= 4 is 5.97 Å². The maximum Gasteiger partial charge on any atom is 0.323 e. The number of hydrogen-bond acceptors (Lipinski definition) is 4. The standard InChI is InChI=1S/C13H19NO3/c1-13(2,9-15)11(14)12(16)17-8-10-6-4-3-5-7-10/h3-7,11,15H,8-9,14H2,1-2H3/t11-/m1/s1. The number of nitrogens with two attached hydrogens (primary N) is 1. The zero-order valence-electron chi connectivity index (χ0n) is 10.2. The second-order valence-corrected chi connectivity index (χ2v) is 4.72. The van der Waals surface area contributed by atoms with E-state index < -0.39 is 17.4 Å². The predicted octanol–water partition coefficient (Wildman–Crippen LogP) is 1.08. The summed E-state index contributed by atoms with van der Waals surface area (Å²) in [5, 5.41) is 9.11. The Kier molecular flexibility index (Phi) is 4.66. The fourth-order valence-electron chi connectivity index (χ4n) is 1.24. The zero-order valence-corrected chi connectivity index (χ0v) is 10.2. The average Bonchev–Trinajstić information content (AvgIpc) is 2.36. The lowest BCUT2D eigenvalue weighted by atomic mass is 9.86. The number of hydrogen-bond donors (Lipinski definition) is 2. The first-order chi connectivity index (χ1) is 7.97. The van der Waals surface area contributed by atoms with Gasteiger partial charge in [-0.2, -0.15) is 0 Å². The molecule has 4 nitrogen and oxygen atoms in total. The molecule has 0 bridgehead atoms. The van der Waals surface area contributed by atoms with Gasteiger partial charge in [-0.25, -0.2) is 0 Å². The molecule has 0 amide bonds. The monoisotopic (exact) mass is 237 g/mol. The van der Waals surface area contributed by atoms with Crippen molar-refractivity contribution in [1.29, 1.82) is 0 Å². The van der Waals surface area contributed by atoms with E-state index in [9.17, 15) is 4.79 Å². The normalized spacial score (nSPS) is 13.2. The highest BCUT2D eigenvalue weighted by atomic mass is 16.5. The number of carbonyl (C=O) groups excluding carboxylic acids is 1. The lowest BCUT2D eigenvalue weighted by molar-refractivity contribution is -0.150. The number of aliphatic hydroxyl groups is 1. The maximum atomic E-state index is 11.7. The molecule has 0 radical (unpaired) electrons. The van der Waals surface area contributed by atoms with Crippen LogP contribution in [-0.4, -0.2) is 23.7 Å². The molecule has 1 rings (SSSR count). The predicted molar refractivity (Wildman–Crippen MR) is 65.1 cm³/mol. The first kappa shape index (κ1) is 13.7. The van der Waals surface area contributed by atoms with Crippen LogP contribution in [0.25, 0.3) is 0 Å². The van der Waals surface area contributed by atoms with Crippen molar-refractivity contribution in [2.24, 2.45) is 11.1 Å². The van der Waals surface area contributed by atoms with Crippen molar-refractivity contribution in [2.75, 3.05) is 6.61 Å². The Morgan fingerprint density at radius 3 is 2.53 bits per heavy atom. The topological polar surface area (TPSA) is 72.5 Å². The van der Waals surface area contributed by atoms with Gasteiger partial charge in [-0.05, 0) is 5.56 Å². The second kappa shape index (κ2) is 5.80. The summed E-state index contributed by atoms with van der Waals surface area (Å²) in [5.74, 6) is -0.493. The van der Waals surface area contributed by atoms with E-state index in [1.54, 1.807) is 13.8 Å². The molecule has 1 aromatic carbocycles. The highest BCUT2D eigenvalue weighted by Crippen LogP contribution is 2.19. The molecule has 0 saturated heterocycles. The fraction of sp³-hybridized carbons (Fsp3) is 0.462. The second-order valence-electron chi connectivity index (χ2n) is 4.72. The average molecular weight is 237 g/mol. The van der Waals surface area contributed by atoms with Gasteiger partial charge in [0.2, 0.25) is 0 Å². The van der Waals surface area contributed by atoms with Crippen molar-refractivity contribution < 1.29 is 14.6 Å². The molecule has 0 unspecified atom stereocenters. The van der Waals surface area contributed by atoms with Gasteiger partial charge < -0.3 is 15.6 Å². The van der Waals surface area contributed by atoms with Crippen LogP contribution in [0.2, 0.25) is 0 Å². The molecule has 1 aromatic rings. The molecule has 0 aliphatic rings. The van der Waals surface area contributed by atoms with Crippen LogP contribution in [0, 0.1) is 5.41 Å². The summed E-state index contributed by atoms with van der Waals surface area (Å²) in [5.41, 5.74) is 5.97. The SMILES string of the molecule is CC(C)(CO)[C@H](N)C(=O)OCc1ccccc1. The van der Waals surface area contributed by atoms with Crippen molar-refractivity contribution in [3.8, 4) is 0 Å². The molecule has 0 aliphatic carbocycles. The minimum Gasteiger partial charge on any atom is -0.460 e. The van der Waals surface area contributed by atoms with Gasteiger partial charge in [-0.15, -0.1) is 0 Å². The van der Waals surface area contributed by atoms with E-state index in [-0.39, 0.29) is 13.2 Å². The van der Waals surface area contributed by atoms with E-state index in [2.05, 4.69) is 0 Å². The van der Waals surface area contributed by atoms with Crippen LogP contribution in [0.3, 0.4) is 0 Å². The summed E-state index contributed by atoms with van der Waals surface area (Å²) in [6.07, 6.45) is 0. The summed E-state index contributed by atoms with van der Waals surface area (Å²) in [7, 11) is 0. The summed E-state index contributed by atoms with van der Waals surface area (Å²) < 4.78 is 5.10. The third-order valence-electron chi connectivity index (χ3n) is 2.73. The highest BCUT2D eigenvalue weighted by molar-refractivity contribution is 5.76. The van der Waals surface area contributed by atoms with Crippen molar-refractivity contribution in [2.45, 2.75) is 26.5 Å². The van der Waals surface area contributed by atoms with Crippen LogP contribution in [0.5, 0.6) is 0 Å². The van der Waals surface area contributed by atoms with Gasteiger partial charge in [-0.1, -0.05) is 44.2 Å². The number of aliphatic hydroxyl groups excluding tert-OH is 1. The molecule has 17 heavy (non-hydrogen) atoms. The Hall–Kier alpha value is -1.39. The van der Waals surface area contributed by atoms with Crippen molar-refractivity contribution in [3.05, 3.63) is 35.9 Å². The Balaban J connectivity index is 2.51. The van der Waals surface area contributed by atoms with Gasteiger partial charge in [0, 0.05) is 5.41 Å². The minimum absolute atomic E-state index is 0.158. The van der Waals surface area contributed by atoms with Crippen LogP contribution in [0.4, 0.5) is 0 Å². The number of esters is 1. The molecule has 0 aromatic heterocycles. The van der Waals surface area contributed by atoms with Gasteiger partial charge in [0.15, 0.2) is 0 Å². The van der Waals surface area contributed by atoms with Crippen LogP contribution in [0.1, 0.15) is 19.4 Å². The van der Waals surface area contributed by atoms with Crippen LogP contribution in [-0.2, 0) is 16.1 Å². The quantitative estimate of drug-likeness (QED) is 0.751. The number of ether oxygens (including phenoxy) is 1. The molecule has 94 valence electrons. The third-order valence-corrected chi connectivity index (χ3v) is 2.73. The first-order valence-electron chi connectivity index (χ1n) is 5.54. The summed E-state index contributed by atoms with van der Waals surface area (Å²) in [6.45, 7) is 3.49. The molecular formula is C13H19NO3. The largest absolute Gasteiger partial charge is 0.460 e. The lowest BCUT2D eigenvalue weighted by Gasteiger charge is -2.27. The Bertz CT molecular complexity index is 362. The Morgan fingerprint density at radius 2 is 2.00 bits per heavy atom. The summed E-state index contributed by atoms with van der Waals surface area (Å²) in [4.78, 5) is 11.7. The van der Waals surface area contributed by atoms with E-state index in [0.717, 1.165) is 5.56 Å². The van der Waals surface area contributed by atoms with E-state index in [1.807, 2.05) is 30.3 Å². The lowest BCUT2D eigenvalue weighted by Crippen LogP contribution is -2.46. The minimum atomic E-state index is -0.823. The Labute approximate surface area is 101 Å². The maximum absolute atomic E-state index is 11.7. The fourth-order valence-corrected chi connectivity index (χ4v) is 1.24. The highest BCUT2D eigenvalue weighted by Gasteiger charge is 2.32. The zero-order chi connectivity index (χ0) is 12.9. The van der Waals surface area contributed by atoms with Gasteiger partial charge in [-0.3, -0.25) is 4.79 Å². The van der Waals surface area contributed by atoms with Gasteiger partial charge in [0.1, 0.15) is 12.6 Å². The molecule has 0 spiro atoms. The molecule has 0 saturated carbocycles. The van der Waals surface area contributed by atoms with Crippen LogP contribution < -0.4 is 5.73 Å². The third kappa shape index (κ3) is 3.84. The van der Waals surface area contributed by atoms with Crippen molar-refractivity contribution in [3.63, 3.8) is 0 Å². The smallest absolute Gasteiger partial charge is 0.323 e. The van der Waals surface area contributed by atoms with Crippen LogP contribution >= 0.6 is 0 Å². The van der Waals surface area contributed by atoms with E-state index in [0.29, 0.717) is 0 Å². The molecule has 0 fully saturated rings. The van der Waals surface area contributed by atoms with E-state index in [1.165, 1.54) is 0 Å². The molecule has 4 heteroatoms. The summed E-state index contributed by atoms with van der Waals surface area (Å²) >= 11 is 0. The van der Waals surface area contributed by atoms with Gasteiger partial charge in [0.25, 0.3) is 0 Å². The van der Waals surface area contributed by atoms with Gasteiger partial charge in [0.05, 0.1) is 6.61 Å². The molecule has 0 heterocycles. The molecular weight excluding hydrogens is 218 g/mol. The van der Waals surface area contributed by atoms with E-state index >= 15 is 0 Å². The van der Waals surface area contributed by atoms with E-state index in [4.69, 9.17) is 15.6 Å². The number of rotatable bonds is 5. The summed E-state index contributed by atoms with van der Waals surface area (Å²) in [6, 6.07) is 8.57. The molecule has 3 N–H and O–H groups in total. The molecule has 1 atom stereocenters. The first-order valence-corrected chi connectivity index (χ1v) is 5.54. The van der Waals surface area contributed by atoms with Gasteiger partial charge >= 0.3 is 5.97 Å². The Morgan fingerprint density at radius 1 is 1.41 bits per heavy atom. The van der Waals surface area contributed by atoms with Crippen LogP contribution in [0.15, 0.2) is 30.3 Å². The number of carbonyl (C=O) groups is 1. The number of benzene rings is 1. The molecule has 0 aliphatic heterocycles.